The minimum absolute atomic E-state index is 0.00914. The van der Waals surface area contributed by atoms with Crippen molar-refractivity contribution in [3.05, 3.63) is 12.7 Å². The van der Waals surface area contributed by atoms with Gasteiger partial charge in [0, 0.05) is 23.7 Å². The molecule has 0 radical (unpaired) electrons. The van der Waals surface area contributed by atoms with Gasteiger partial charge >= 0.3 is 6.16 Å². The molecule has 3 aliphatic heterocycles. The first-order valence-corrected chi connectivity index (χ1v) is 11.3. The molecule has 3 heterocycles. The van der Waals surface area contributed by atoms with Crippen LogP contribution in [0.5, 0.6) is 0 Å². The molecule has 2 saturated carbocycles. The molecule has 5 aliphatic rings. The molecule has 0 spiro atoms. The van der Waals surface area contributed by atoms with Crippen molar-refractivity contribution < 1.29 is 28.5 Å². The van der Waals surface area contributed by atoms with Crippen LogP contribution in [0.1, 0.15) is 67.7 Å². The number of hydrogen-bond donors (Lipinski definition) is 0. The molecule has 6 nitrogen and oxygen atoms in total. The highest BCUT2D eigenvalue weighted by Gasteiger charge is 2.77. The van der Waals surface area contributed by atoms with E-state index in [1.54, 1.807) is 0 Å². The number of fused-ring (bicyclic) bond motifs is 3. The third-order valence-electron chi connectivity index (χ3n) is 8.92. The lowest BCUT2D eigenvalue weighted by molar-refractivity contribution is -0.326. The molecule has 2 aliphatic carbocycles. The van der Waals surface area contributed by atoms with Gasteiger partial charge in [-0.05, 0) is 46.0 Å². The average molecular weight is 421 g/mol. The summed E-state index contributed by atoms with van der Waals surface area (Å²) in [5.41, 5.74) is -1.71. The Hall–Kier alpha value is -1.11. The van der Waals surface area contributed by atoms with Gasteiger partial charge in [0.2, 0.25) is 0 Å². The van der Waals surface area contributed by atoms with E-state index in [1.807, 2.05) is 26.8 Å². The summed E-state index contributed by atoms with van der Waals surface area (Å²) in [6.45, 7) is 19.1. The molecule has 0 bridgehead atoms. The Morgan fingerprint density at radius 3 is 2.37 bits per heavy atom. The van der Waals surface area contributed by atoms with Crippen LogP contribution in [0.3, 0.4) is 0 Å². The summed E-state index contributed by atoms with van der Waals surface area (Å²) >= 11 is 0. The number of carbonyl (C=O) groups excluding carboxylic acids is 1. The van der Waals surface area contributed by atoms with Crippen molar-refractivity contribution in [2.24, 2.45) is 22.7 Å². The first kappa shape index (κ1) is 20.8. The van der Waals surface area contributed by atoms with Gasteiger partial charge < -0.3 is 23.7 Å². The summed E-state index contributed by atoms with van der Waals surface area (Å²) in [4.78, 5) is 12.4. The Morgan fingerprint density at radius 1 is 1.00 bits per heavy atom. The molecular formula is C24H36O6. The van der Waals surface area contributed by atoms with E-state index in [1.165, 1.54) is 0 Å². The Bertz CT molecular complexity index is 791. The highest BCUT2D eigenvalue weighted by atomic mass is 16.8. The lowest BCUT2D eigenvalue weighted by Crippen LogP contribution is -2.77. The number of carbonyl (C=O) groups is 1. The molecule has 6 heteroatoms. The van der Waals surface area contributed by atoms with E-state index in [9.17, 15) is 4.79 Å². The summed E-state index contributed by atoms with van der Waals surface area (Å²) in [5, 5.41) is 0. The lowest BCUT2D eigenvalue weighted by Gasteiger charge is -2.68. The lowest BCUT2D eigenvalue weighted by atomic mass is 9.41. The van der Waals surface area contributed by atoms with Crippen LogP contribution < -0.4 is 0 Å². The maximum atomic E-state index is 12.4. The second-order valence-corrected chi connectivity index (χ2v) is 11.9. The minimum Gasteiger partial charge on any atom is -0.427 e. The molecule has 168 valence electrons. The van der Waals surface area contributed by atoms with Gasteiger partial charge in [0.25, 0.3) is 0 Å². The first-order valence-electron chi connectivity index (χ1n) is 11.3. The van der Waals surface area contributed by atoms with Crippen molar-refractivity contribution in [1.29, 1.82) is 0 Å². The average Bonchev–Trinajstić information content (AvgIpc) is 2.94. The van der Waals surface area contributed by atoms with E-state index < -0.39 is 29.2 Å². The largest absolute Gasteiger partial charge is 0.509 e. The fourth-order valence-electron chi connectivity index (χ4n) is 8.16. The normalized spacial score (nSPS) is 55.4. The zero-order chi connectivity index (χ0) is 21.9. The van der Waals surface area contributed by atoms with Gasteiger partial charge in [-0.1, -0.05) is 26.8 Å². The van der Waals surface area contributed by atoms with E-state index >= 15 is 0 Å². The molecule has 0 aromatic rings. The SMILES string of the molecule is C=C[C@@]1(C)C[C@H]2OC(C)(C)O[C@@H]3CCC(C)(C)[C@@H]4[C@@H]5OC(=O)O[C@@H]5[C@@](C)(O1)[C@H]2[C@@]34C. The molecule has 0 aromatic carbocycles. The van der Waals surface area contributed by atoms with E-state index in [4.69, 9.17) is 23.7 Å². The van der Waals surface area contributed by atoms with Gasteiger partial charge in [-0.2, -0.15) is 0 Å². The van der Waals surface area contributed by atoms with Gasteiger partial charge in [0.05, 0.1) is 17.8 Å². The fraction of sp³-hybridized carbons (Fsp3) is 0.875. The molecule has 30 heavy (non-hydrogen) atoms. The van der Waals surface area contributed by atoms with Crippen molar-refractivity contribution in [2.75, 3.05) is 0 Å². The Kier molecular flexibility index (Phi) is 4.03. The van der Waals surface area contributed by atoms with E-state index in [0.29, 0.717) is 6.42 Å². The molecule has 3 saturated heterocycles. The zero-order valence-electron chi connectivity index (χ0n) is 19.3. The molecule has 0 unspecified atom stereocenters. The van der Waals surface area contributed by atoms with Gasteiger partial charge in [-0.25, -0.2) is 4.79 Å². The Balaban J connectivity index is 1.76. The van der Waals surface area contributed by atoms with Crippen molar-refractivity contribution in [1.82, 2.24) is 0 Å². The molecule has 0 N–H and O–H groups in total. The monoisotopic (exact) mass is 420 g/mol. The molecule has 5 fully saturated rings. The summed E-state index contributed by atoms with van der Waals surface area (Å²) < 4.78 is 31.9. The summed E-state index contributed by atoms with van der Waals surface area (Å²) in [6, 6.07) is 0. The van der Waals surface area contributed by atoms with Crippen LogP contribution in [0.25, 0.3) is 0 Å². The highest BCUT2D eigenvalue weighted by Crippen LogP contribution is 2.69. The van der Waals surface area contributed by atoms with E-state index in [0.717, 1.165) is 12.8 Å². The standard InChI is InChI=1S/C24H36O6/c1-9-22(6)12-13-16-23(7)14(29-21(4,5)28-13)10-11-20(2,3)17(23)15-18(24(16,8)30-22)27-19(25)26-15/h9,13-18H,1,10-12H2,2-8H3/t13-,14-,15+,16-,17+,18+,22+,23-,24+/m1/s1. The Labute approximate surface area is 179 Å². The second kappa shape index (κ2) is 5.81. The number of hydrogen-bond acceptors (Lipinski definition) is 6. The van der Waals surface area contributed by atoms with Gasteiger partial charge in [-0.15, -0.1) is 6.58 Å². The van der Waals surface area contributed by atoms with Crippen molar-refractivity contribution in [3.8, 4) is 0 Å². The molecule has 0 amide bonds. The number of ether oxygens (including phenoxy) is 5. The first-order chi connectivity index (χ1) is 13.8. The predicted molar refractivity (Wildman–Crippen MR) is 110 cm³/mol. The minimum atomic E-state index is -0.774. The summed E-state index contributed by atoms with van der Waals surface area (Å²) in [7, 11) is 0. The third-order valence-corrected chi connectivity index (χ3v) is 8.92. The quantitative estimate of drug-likeness (QED) is 0.456. The maximum absolute atomic E-state index is 12.4. The summed E-state index contributed by atoms with van der Waals surface area (Å²) in [5.74, 6) is -0.644. The smallest absolute Gasteiger partial charge is 0.427 e. The predicted octanol–water partition coefficient (Wildman–Crippen LogP) is 4.61. The van der Waals surface area contributed by atoms with Crippen LogP contribution in [0.4, 0.5) is 4.79 Å². The van der Waals surface area contributed by atoms with Gasteiger partial charge in [-0.3, -0.25) is 0 Å². The fourth-order valence-corrected chi connectivity index (χ4v) is 8.16. The van der Waals surface area contributed by atoms with Crippen LogP contribution in [0, 0.1) is 22.7 Å². The van der Waals surface area contributed by atoms with Crippen molar-refractivity contribution in [2.45, 2.75) is 109 Å². The summed E-state index contributed by atoms with van der Waals surface area (Å²) in [6.07, 6.45) is 2.87. The number of rotatable bonds is 1. The zero-order valence-corrected chi connectivity index (χ0v) is 19.3. The van der Waals surface area contributed by atoms with E-state index in [2.05, 4.69) is 34.3 Å². The van der Waals surface area contributed by atoms with Gasteiger partial charge in [0.15, 0.2) is 11.9 Å². The van der Waals surface area contributed by atoms with Crippen LogP contribution in [0.15, 0.2) is 12.7 Å². The van der Waals surface area contributed by atoms with Gasteiger partial charge in [0.1, 0.15) is 11.7 Å². The van der Waals surface area contributed by atoms with Crippen LogP contribution in [-0.4, -0.2) is 47.6 Å². The van der Waals surface area contributed by atoms with E-state index in [-0.39, 0.29) is 41.0 Å². The van der Waals surface area contributed by atoms with Crippen LogP contribution in [0.2, 0.25) is 0 Å². The highest BCUT2D eigenvalue weighted by molar-refractivity contribution is 5.63. The molecule has 0 aromatic heterocycles. The van der Waals surface area contributed by atoms with Crippen LogP contribution in [-0.2, 0) is 23.7 Å². The topological polar surface area (TPSA) is 63.2 Å². The molecule has 9 atom stereocenters. The third kappa shape index (κ3) is 2.50. The van der Waals surface area contributed by atoms with Crippen molar-refractivity contribution in [3.63, 3.8) is 0 Å². The molecule has 5 rings (SSSR count). The Morgan fingerprint density at radius 2 is 1.70 bits per heavy atom. The maximum Gasteiger partial charge on any atom is 0.509 e. The second-order valence-electron chi connectivity index (χ2n) is 11.9. The van der Waals surface area contributed by atoms with Crippen molar-refractivity contribution >= 4 is 6.16 Å². The molecular weight excluding hydrogens is 384 g/mol. The van der Waals surface area contributed by atoms with Crippen LogP contribution >= 0.6 is 0 Å².